The molecule has 2 rings (SSSR count). The maximum absolute atomic E-state index is 3.84. The van der Waals surface area contributed by atoms with Gasteiger partial charge in [0, 0.05) is 23.8 Å². The largest absolute Gasteiger partial charge is 0.374 e. The molecule has 1 aromatic rings. The van der Waals surface area contributed by atoms with E-state index in [0.717, 1.165) is 16.8 Å². The summed E-state index contributed by atoms with van der Waals surface area (Å²) < 4.78 is 1.15. The Bertz CT molecular complexity index is 396. The predicted octanol–water partition coefficient (Wildman–Crippen LogP) is 4.41. The monoisotopic (exact) mass is 293 g/mol. The minimum atomic E-state index is 0.903. The highest BCUT2D eigenvalue weighted by molar-refractivity contribution is 9.10. The molecule has 0 N–H and O–H groups in total. The first-order chi connectivity index (χ1) is 8.20. The maximum atomic E-state index is 3.84. The third-order valence-electron chi connectivity index (χ3n) is 3.57. The van der Waals surface area contributed by atoms with Crippen molar-refractivity contribution < 1.29 is 0 Å². The van der Waals surface area contributed by atoms with Crippen molar-refractivity contribution in [1.29, 1.82) is 0 Å². The summed E-state index contributed by atoms with van der Waals surface area (Å²) in [4.78, 5) is 2.40. The highest BCUT2D eigenvalue weighted by atomic mass is 79.9. The Morgan fingerprint density at radius 2 is 2.24 bits per heavy atom. The summed E-state index contributed by atoms with van der Waals surface area (Å²) in [7, 11) is 2.20. The number of rotatable bonds is 5. The Hall–Kier alpha value is -0.760. The Kier molecular flexibility index (Phi) is 4.27. The van der Waals surface area contributed by atoms with Crippen molar-refractivity contribution in [2.75, 3.05) is 18.5 Å². The summed E-state index contributed by atoms with van der Waals surface area (Å²) in [5.74, 6) is 0.903. The molecule has 1 saturated carbocycles. The van der Waals surface area contributed by atoms with Gasteiger partial charge in [0.1, 0.15) is 0 Å². The second-order valence-corrected chi connectivity index (χ2v) is 5.86. The van der Waals surface area contributed by atoms with Gasteiger partial charge in [-0.1, -0.05) is 28.4 Å². The third-order valence-corrected chi connectivity index (χ3v) is 4.07. The standard InChI is InChI=1S/C15H20BrN/c1-3-5-13-10-14(16)8-9-15(13)17(2)11-12-6-4-7-12/h3,8-10,12H,1,4-7,11H2,2H3. The molecule has 1 aliphatic rings. The summed E-state index contributed by atoms with van der Waals surface area (Å²) in [6.07, 6.45) is 7.12. The molecule has 1 fully saturated rings. The SMILES string of the molecule is C=CCc1cc(Br)ccc1N(C)CC1CCC1. The zero-order valence-electron chi connectivity index (χ0n) is 10.5. The first kappa shape index (κ1) is 12.7. The van der Waals surface area contributed by atoms with Crippen molar-refractivity contribution in [3.63, 3.8) is 0 Å². The van der Waals surface area contributed by atoms with Crippen LogP contribution in [0.2, 0.25) is 0 Å². The normalized spacial score (nSPS) is 15.4. The van der Waals surface area contributed by atoms with Crippen molar-refractivity contribution in [3.05, 3.63) is 40.9 Å². The molecule has 0 amide bonds. The van der Waals surface area contributed by atoms with E-state index in [-0.39, 0.29) is 0 Å². The molecule has 1 aromatic carbocycles. The number of allylic oxidation sites excluding steroid dienone is 1. The van der Waals surface area contributed by atoms with Gasteiger partial charge in [0.15, 0.2) is 0 Å². The van der Waals surface area contributed by atoms with Crippen molar-refractivity contribution in [1.82, 2.24) is 0 Å². The van der Waals surface area contributed by atoms with Gasteiger partial charge in [-0.15, -0.1) is 6.58 Å². The maximum Gasteiger partial charge on any atom is 0.0400 e. The highest BCUT2D eigenvalue weighted by Crippen LogP contribution is 2.30. The Morgan fingerprint density at radius 1 is 1.47 bits per heavy atom. The quantitative estimate of drug-likeness (QED) is 0.727. The summed E-state index contributed by atoms with van der Waals surface area (Å²) >= 11 is 3.54. The van der Waals surface area contributed by atoms with Gasteiger partial charge in [-0.25, -0.2) is 0 Å². The fraction of sp³-hybridized carbons (Fsp3) is 0.467. The average molecular weight is 294 g/mol. The molecule has 0 atom stereocenters. The lowest BCUT2D eigenvalue weighted by atomic mass is 9.85. The van der Waals surface area contributed by atoms with E-state index in [0.29, 0.717) is 0 Å². The lowest BCUT2D eigenvalue weighted by Crippen LogP contribution is -2.29. The summed E-state index contributed by atoms with van der Waals surface area (Å²) in [5.41, 5.74) is 2.70. The third kappa shape index (κ3) is 3.12. The molecule has 17 heavy (non-hydrogen) atoms. The topological polar surface area (TPSA) is 3.24 Å². The van der Waals surface area contributed by atoms with Crippen molar-refractivity contribution >= 4 is 21.6 Å². The molecule has 2 heteroatoms. The van der Waals surface area contributed by atoms with Crippen LogP contribution in [0.3, 0.4) is 0 Å². The van der Waals surface area contributed by atoms with Crippen LogP contribution in [0.15, 0.2) is 35.3 Å². The predicted molar refractivity (Wildman–Crippen MR) is 78.7 cm³/mol. The fourth-order valence-electron chi connectivity index (χ4n) is 2.41. The second kappa shape index (κ2) is 5.72. The Labute approximate surface area is 113 Å². The van der Waals surface area contributed by atoms with Gasteiger partial charge < -0.3 is 4.90 Å². The van der Waals surface area contributed by atoms with Crippen LogP contribution in [0, 0.1) is 5.92 Å². The van der Waals surface area contributed by atoms with Crippen molar-refractivity contribution in [3.8, 4) is 0 Å². The van der Waals surface area contributed by atoms with Crippen LogP contribution in [0.25, 0.3) is 0 Å². The van der Waals surface area contributed by atoms with Gasteiger partial charge in [-0.3, -0.25) is 0 Å². The fourth-order valence-corrected chi connectivity index (χ4v) is 2.81. The van der Waals surface area contributed by atoms with E-state index in [1.807, 2.05) is 6.08 Å². The van der Waals surface area contributed by atoms with E-state index in [1.54, 1.807) is 0 Å². The van der Waals surface area contributed by atoms with Crippen LogP contribution >= 0.6 is 15.9 Å². The lowest BCUT2D eigenvalue weighted by molar-refractivity contribution is 0.321. The molecule has 0 radical (unpaired) electrons. The molecular formula is C15H20BrN. The minimum Gasteiger partial charge on any atom is -0.374 e. The summed E-state index contributed by atoms with van der Waals surface area (Å²) in [6, 6.07) is 6.54. The van der Waals surface area contributed by atoms with Crippen LogP contribution < -0.4 is 4.90 Å². The lowest BCUT2D eigenvalue weighted by Gasteiger charge is -2.32. The van der Waals surface area contributed by atoms with Gasteiger partial charge in [-0.2, -0.15) is 0 Å². The molecule has 0 spiro atoms. The average Bonchev–Trinajstić information content (AvgIpc) is 2.24. The number of nitrogens with zero attached hydrogens (tertiary/aromatic N) is 1. The van der Waals surface area contributed by atoms with E-state index >= 15 is 0 Å². The number of hydrogen-bond acceptors (Lipinski definition) is 1. The van der Waals surface area contributed by atoms with E-state index in [2.05, 4.69) is 52.7 Å². The van der Waals surface area contributed by atoms with E-state index in [9.17, 15) is 0 Å². The van der Waals surface area contributed by atoms with E-state index in [1.165, 1.54) is 37.1 Å². The van der Waals surface area contributed by atoms with Crippen LogP contribution in [0.4, 0.5) is 5.69 Å². The molecule has 0 aromatic heterocycles. The molecular weight excluding hydrogens is 274 g/mol. The van der Waals surface area contributed by atoms with Crippen LogP contribution in [0.1, 0.15) is 24.8 Å². The number of benzene rings is 1. The van der Waals surface area contributed by atoms with Gasteiger partial charge >= 0.3 is 0 Å². The van der Waals surface area contributed by atoms with E-state index in [4.69, 9.17) is 0 Å². The van der Waals surface area contributed by atoms with Gasteiger partial charge in [0.2, 0.25) is 0 Å². The zero-order valence-corrected chi connectivity index (χ0v) is 12.0. The Morgan fingerprint density at radius 3 is 2.82 bits per heavy atom. The molecule has 0 unspecified atom stereocenters. The molecule has 0 aliphatic heterocycles. The van der Waals surface area contributed by atoms with E-state index < -0.39 is 0 Å². The van der Waals surface area contributed by atoms with Gasteiger partial charge in [0.05, 0.1) is 0 Å². The highest BCUT2D eigenvalue weighted by Gasteiger charge is 2.20. The number of halogens is 1. The number of hydrogen-bond donors (Lipinski definition) is 0. The minimum absolute atomic E-state index is 0.903. The molecule has 1 aliphatic carbocycles. The summed E-state index contributed by atoms with van der Waals surface area (Å²) in [6.45, 7) is 5.03. The van der Waals surface area contributed by atoms with Crippen LogP contribution in [-0.4, -0.2) is 13.6 Å². The van der Waals surface area contributed by atoms with Crippen molar-refractivity contribution in [2.45, 2.75) is 25.7 Å². The summed E-state index contributed by atoms with van der Waals surface area (Å²) in [5, 5.41) is 0. The van der Waals surface area contributed by atoms with Crippen molar-refractivity contribution in [2.24, 2.45) is 5.92 Å². The van der Waals surface area contributed by atoms with Gasteiger partial charge in [-0.05, 0) is 48.9 Å². The molecule has 1 nitrogen and oxygen atoms in total. The zero-order chi connectivity index (χ0) is 12.3. The molecule has 0 bridgehead atoms. The second-order valence-electron chi connectivity index (χ2n) is 4.94. The smallest absolute Gasteiger partial charge is 0.0400 e. The molecule has 92 valence electrons. The molecule has 0 saturated heterocycles. The Balaban J connectivity index is 2.13. The first-order valence-electron chi connectivity index (χ1n) is 6.31. The molecule has 0 heterocycles. The first-order valence-corrected chi connectivity index (χ1v) is 7.10. The van der Waals surface area contributed by atoms with Gasteiger partial charge in [0.25, 0.3) is 0 Å². The number of anilines is 1. The van der Waals surface area contributed by atoms with Crippen LogP contribution in [0.5, 0.6) is 0 Å². The van der Waals surface area contributed by atoms with Crippen LogP contribution in [-0.2, 0) is 6.42 Å².